The van der Waals surface area contributed by atoms with Crippen LogP contribution in [0.15, 0.2) is 47.9 Å². The van der Waals surface area contributed by atoms with Crippen LogP contribution in [-0.4, -0.2) is 27.8 Å². The fourth-order valence-corrected chi connectivity index (χ4v) is 5.19. The van der Waals surface area contributed by atoms with E-state index in [1.165, 1.54) is 0 Å². The minimum Gasteiger partial charge on any atom is -0.374 e. The lowest BCUT2D eigenvalue weighted by atomic mass is 9.84. The molecular formula is C25H18Cl2F4N4O2. The SMILES string of the molecule is O=C(NCc1ncccn1)c1ccc(C2=NOC(c3cc(Cl)c(F)c(Cl)c3)(C(F)(F)F)C2)c2c1CCC2. The van der Waals surface area contributed by atoms with Crippen LogP contribution in [-0.2, 0) is 29.8 Å². The molecule has 0 saturated carbocycles. The maximum Gasteiger partial charge on any atom is 0.435 e. The summed E-state index contributed by atoms with van der Waals surface area (Å²) < 4.78 is 57.1. The molecule has 0 fully saturated rings. The largest absolute Gasteiger partial charge is 0.435 e. The maximum atomic E-state index is 14.4. The predicted octanol–water partition coefficient (Wildman–Crippen LogP) is 5.92. The first kappa shape index (κ1) is 25.4. The van der Waals surface area contributed by atoms with Crippen molar-refractivity contribution in [3.05, 3.63) is 92.2 Å². The molecule has 0 spiro atoms. The number of alkyl halides is 3. The molecular weight excluding hydrogens is 535 g/mol. The lowest BCUT2D eigenvalue weighted by Gasteiger charge is -2.30. The van der Waals surface area contributed by atoms with Crippen molar-refractivity contribution in [3.63, 3.8) is 0 Å². The Hall–Kier alpha value is -3.24. The second-order valence-corrected chi connectivity index (χ2v) is 9.52. The number of amides is 1. The molecule has 5 rings (SSSR count). The zero-order valence-corrected chi connectivity index (χ0v) is 20.5. The van der Waals surface area contributed by atoms with E-state index in [1.54, 1.807) is 30.6 Å². The lowest BCUT2D eigenvalue weighted by molar-refractivity contribution is -0.275. The number of fused-ring (bicyclic) bond motifs is 1. The third kappa shape index (κ3) is 4.53. The second kappa shape index (κ2) is 9.57. The molecule has 0 saturated heterocycles. The molecule has 37 heavy (non-hydrogen) atoms. The molecule has 1 aliphatic heterocycles. The highest BCUT2D eigenvalue weighted by Crippen LogP contribution is 2.50. The van der Waals surface area contributed by atoms with Gasteiger partial charge in [-0.25, -0.2) is 14.4 Å². The van der Waals surface area contributed by atoms with E-state index in [0.717, 1.165) is 29.7 Å². The Morgan fingerprint density at radius 2 is 1.76 bits per heavy atom. The molecule has 1 atom stereocenters. The molecule has 192 valence electrons. The van der Waals surface area contributed by atoms with Crippen molar-refractivity contribution in [2.24, 2.45) is 5.16 Å². The van der Waals surface area contributed by atoms with Crippen LogP contribution in [0.2, 0.25) is 10.0 Å². The van der Waals surface area contributed by atoms with Crippen molar-refractivity contribution in [1.29, 1.82) is 0 Å². The Labute approximate surface area is 218 Å². The quantitative estimate of drug-likeness (QED) is 0.314. The number of nitrogens with zero attached hydrogens (tertiary/aromatic N) is 3. The summed E-state index contributed by atoms with van der Waals surface area (Å²) >= 11 is 11.6. The number of nitrogens with one attached hydrogen (secondary N) is 1. The van der Waals surface area contributed by atoms with Gasteiger partial charge in [-0.3, -0.25) is 4.79 Å². The molecule has 1 amide bonds. The van der Waals surface area contributed by atoms with E-state index in [4.69, 9.17) is 28.0 Å². The van der Waals surface area contributed by atoms with Gasteiger partial charge in [0.05, 0.1) is 22.3 Å². The summed E-state index contributed by atoms with van der Waals surface area (Å²) in [5.74, 6) is -0.901. The fourth-order valence-electron chi connectivity index (χ4n) is 4.70. The van der Waals surface area contributed by atoms with Gasteiger partial charge >= 0.3 is 6.18 Å². The topological polar surface area (TPSA) is 76.5 Å². The first-order valence-corrected chi connectivity index (χ1v) is 12.0. The number of carbonyl (C=O) groups excluding carboxylic acids is 1. The van der Waals surface area contributed by atoms with Gasteiger partial charge in [0.2, 0.25) is 0 Å². The normalized spacial score (nSPS) is 18.8. The minimum atomic E-state index is -4.91. The molecule has 3 aromatic rings. The van der Waals surface area contributed by atoms with E-state index in [0.29, 0.717) is 29.8 Å². The molecule has 1 aliphatic carbocycles. The number of carbonyl (C=O) groups is 1. The van der Waals surface area contributed by atoms with Crippen LogP contribution in [0.3, 0.4) is 0 Å². The number of rotatable bonds is 5. The lowest BCUT2D eigenvalue weighted by Crippen LogP contribution is -2.42. The van der Waals surface area contributed by atoms with E-state index in [-0.39, 0.29) is 18.2 Å². The summed E-state index contributed by atoms with van der Waals surface area (Å²) in [6.45, 7) is 0.133. The summed E-state index contributed by atoms with van der Waals surface area (Å²) in [7, 11) is 0. The van der Waals surface area contributed by atoms with E-state index >= 15 is 0 Å². The van der Waals surface area contributed by atoms with Gasteiger partial charge in [-0.15, -0.1) is 0 Å². The van der Waals surface area contributed by atoms with Crippen molar-refractivity contribution in [2.45, 2.75) is 44.0 Å². The smallest absolute Gasteiger partial charge is 0.374 e. The molecule has 0 bridgehead atoms. The predicted molar refractivity (Wildman–Crippen MR) is 128 cm³/mol. The van der Waals surface area contributed by atoms with Crippen molar-refractivity contribution in [3.8, 4) is 0 Å². The summed E-state index contributed by atoms with van der Waals surface area (Å²) in [4.78, 5) is 26.1. The Morgan fingerprint density at radius 1 is 1.08 bits per heavy atom. The van der Waals surface area contributed by atoms with E-state index < -0.39 is 39.6 Å². The van der Waals surface area contributed by atoms with Crippen LogP contribution >= 0.6 is 23.2 Å². The second-order valence-electron chi connectivity index (χ2n) is 8.70. The molecule has 0 radical (unpaired) electrons. The number of hydrogen-bond donors (Lipinski definition) is 1. The average Bonchev–Trinajstić information content (AvgIpc) is 3.54. The highest BCUT2D eigenvalue weighted by atomic mass is 35.5. The summed E-state index contributed by atoms with van der Waals surface area (Å²) in [6, 6.07) is 6.52. The monoisotopic (exact) mass is 552 g/mol. The summed E-state index contributed by atoms with van der Waals surface area (Å²) in [6.07, 6.45) is -0.546. The minimum absolute atomic E-state index is 0.0664. The van der Waals surface area contributed by atoms with Gasteiger partial charge in [-0.05, 0) is 54.7 Å². The molecule has 1 N–H and O–H groups in total. The van der Waals surface area contributed by atoms with Gasteiger partial charge in [-0.2, -0.15) is 13.2 Å². The highest BCUT2D eigenvalue weighted by Gasteiger charge is 2.62. The van der Waals surface area contributed by atoms with Crippen LogP contribution in [0.25, 0.3) is 0 Å². The van der Waals surface area contributed by atoms with Crippen LogP contribution in [0.5, 0.6) is 0 Å². The van der Waals surface area contributed by atoms with Crippen LogP contribution in [0.4, 0.5) is 17.6 Å². The van der Waals surface area contributed by atoms with E-state index in [2.05, 4.69) is 20.4 Å². The Morgan fingerprint density at radius 3 is 2.43 bits per heavy atom. The van der Waals surface area contributed by atoms with E-state index in [1.807, 2.05) is 0 Å². The summed E-state index contributed by atoms with van der Waals surface area (Å²) in [5, 5.41) is 5.48. The molecule has 1 aromatic heterocycles. The van der Waals surface area contributed by atoms with Gasteiger partial charge in [0.25, 0.3) is 11.5 Å². The Balaban J connectivity index is 1.45. The third-order valence-corrected chi connectivity index (χ3v) is 7.05. The van der Waals surface area contributed by atoms with Crippen molar-refractivity contribution in [1.82, 2.24) is 15.3 Å². The van der Waals surface area contributed by atoms with Crippen molar-refractivity contribution < 1.29 is 27.2 Å². The average molecular weight is 553 g/mol. The fraction of sp³-hybridized carbons (Fsp3) is 0.280. The van der Waals surface area contributed by atoms with Gasteiger partial charge in [0.1, 0.15) is 5.82 Å². The zero-order valence-electron chi connectivity index (χ0n) is 19.0. The number of oxime groups is 1. The van der Waals surface area contributed by atoms with Crippen molar-refractivity contribution >= 4 is 34.8 Å². The van der Waals surface area contributed by atoms with Crippen molar-refractivity contribution in [2.75, 3.05) is 0 Å². The zero-order chi connectivity index (χ0) is 26.4. The number of benzene rings is 2. The molecule has 2 aromatic carbocycles. The Bertz CT molecular complexity index is 1390. The van der Waals surface area contributed by atoms with Crippen LogP contribution < -0.4 is 5.32 Å². The highest BCUT2D eigenvalue weighted by molar-refractivity contribution is 6.35. The first-order chi connectivity index (χ1) is 17.6. The molecule has 2 aliphatic rings. The molecule has 2 heterocycles. The van der Waals surface area contributed by atoms with Crippen LogP contribution in [0, 0.1) is 5.82 Å². The summed E-state index contributed by atoms with van der Waals surface area (Å²) in [5.41, 5.74) is -0.863. The molecule has 1 unspecified atom stereocenters. The number of hydrogen-bond acceptors (Lipinski definition) is 5. The molecule has 12 heteroatoms. The van der Waals surface area contributed by atoms with Gasteiger partial charge in [0.15, 0.2) is 5.82 Å². The van der Waals surface area contributed by atoms with Gasteiger partial charge in [-0.1, -0.05) is 34.4 Å². The Kier molecular flexibility index (Phi) is 6.57. The first-order valence-electron chi connectivity index (χ1n) is 11.3. The number of aromatic nitrogens is 2. The molecule has 6 nitrogen and oxygen atoms in total. The standard InChI is InChI=1S/C25H18Cl2F4N4O2/c26-18-9-13(10-19(27)22(18)28)24(25(29,30)31)11-20(35-37-24)16-5-6-17(15-4-1-3-14(15)16)23(36)34-12-21-32-7-2-8-33-21/h2,5-10H,1,3-4,11-12H2,(H,34,36). The number of halogens is 6. The maximum absolute atomic E-state index is 14.4. The third-order valence-electron chi connectivity index (χ3n) is 6.50. The van der Waals surface area contributed by atoms with Crippen LogP contribution in [0.1, 0.15) is 51.3 Å². The van der Waals surface area contributed by atoms with Gasteiger partial charge in [0, 0.05) is 35.5 Å². The van der Waals surface area contributed by atoms with E-state index in [9.17, 15) is 22.4 Å². The van der Waals surface area contributed by atoms with Gasteiger partial charge < -0.3 is 10.2 Å².